The number of rotatable bonds is 4. The van der Waals surface area contributed by atoms with Crippen LogP contribution in [0.4, 0.5) is 11.6 Å². The molecular weight excluding hydrogens is 478 g/mol. The maximum Gasteiger partial charge on any atom is 0.299 e. The largest absolute Gasteiger partial charge is 0.382 e. The SMILES string of the molecule is CC#CC(=O)N1CCC[C@H]1c1nc(-c2ccc(C(=O)Nc3ccccn3)cc2)c2c(N)nccn12.Cl. The summed E-state index contributed by atoms with van der Waals surface area (Å²) in [6.07, 6.45) is 6.69. The molecule has 10 heteroatoms. The molecule has 0 radical (unpaired) electrons. The number of benzene rings is 1. The van der Waals surface area contributed by atoms with Crippen LogP contribution in [0.2, 0.25) is 0 Å². The van der Waals surface area contributed by atoms with Gasteiger partial charge in [0, 0.05) is 36.3 Å². The Morgan fingerprint density at radius 2 is 1.92 bits per heavy atom. The maximum absolute atomic E-state index is 12.6. The molecule has 9 nitrogen and oxygen atoms in total. The summed E-state index contributed by atoms with van der Waals surface area (Å²) in [4.78, 5) is 40.3. The normalized spacial score (nSPS) is 14.6. The quantitative estimate of drug-likeness (QED) is 0.411. The van der Waals surface area contributed by atoms with Crippen LogP contribution in [0.1, 0.15) is 42.0 Å². The molecule has 1 saturated heterocycles. The van der Waals surface area contributed by atoms with E-state index in [1.165, 1.54) is 0 Å². The highest BCUT2D eigenvalue weighted by molar-refractivity contribution is 6.04. The van der Waals surface area contributed by atoms with Gasteiger partial charge in [-0.3, -0.25) is 14.0 Å². The van der Waals surface area contributed by atoms with Crippen LogP contribution in [0, 0.1) is 11.8 Å². The van der Waals surface area contributed by atoms with Crippen LogP contribution in [0.15, 0.2) is 61.1 Å². The second-order valence-corrected chi connectivity index (χ2v) is 8.13. The van der Waals surface area contributed by atoms with E-state index < -0.39 is 0 Å². The van der Waals surface area contributed by atoms with Crippen molar-refractivity contribution in [3.05, 3.63) is 72.4 Å². The van der Waals surface area contributed by atoms with Crippen LogP contribution in [-0.2, 0) is 4.79 Å². The monoisotopic (exact) mass is 501 g/mol. The van der Waals surface area contributed by atoms with Crippen molar-refractivity contribution in [1.82, 2.24) is 24.3 Å². The van der Waals surface area contributed by atoms with E-state index >= 15 is 0 Å². The molecule has 36 heavy (non-hydrogen) atoms. The van der Waals surface area contributed by atoms with Crippen LogP contribution >= 0.6 is 12.4 Å². The Morgan fingerprint density at radius 3 is 2.64 bits per heavy atom. The van der Waals surface area contributed by atoms with E-state index in [-0.39, 0.29) is 30.3 Å². The number of nitrogens with zero attached hydrogens (tertiary/aromatic N) is 5. The molecule has 0 saturated carbocycles. The third-order valence-corrected chi connectivity index (χ3v) is 5.98. The van der Waals surface area contributed by atoms with Gasteiger partial charge in [0.25, 0.3) is 11.8 Å². The molecule has 0 spiro atoms. The Morgan fingerprint density at radius 1 is 1.11 bits per heavy atom. The van der Waals surface area contributed by atoms with Gasteiger partial charge < -0.3 is 16.0 Å². The second kappa shape index (κ2) is 10.5. The van der Waals surface area contributed by atoms with E-state index in [1.807, 2.05) is 16.5 Å². The van der Waals surface area contributed by atoms with Gasteiger partial charge in [-0.05, 0) is 50.0 Å². The van der Waals surface area contributed by atoms with Gasteiger partial charge in [-0.1, -0.05) is 24.1 Å². The van der Waals surface area contributed by atoms with Crippen molar-refractivity contribution < 1.29 is 9.59 Å². The first-order chi connectivity index (χ1) is 17.1. The molecule has 1 aromatic carbocycles. The number of nitrogens with one attached hydrogen (secondary N) is 1. The third kappa shape index (κ3) is 4.59. The lowest BCUT2D eigenvalue weighted by atomic mass is 10.1. The highest BCUT2D eigenvalue weighted by atomic mass is 35.5. The molecule has 3 aromatic heterocycles. The van der Waals surface area contributed by atoms with Gasteiger partial charge in [0.15, 0.2) is 0 Å². The molecule has 4 heterocycles. The van der Waals surface area contributed by atoms with Crippen molar-refractivity contribution in [2.75, 3.05) is 17.6 Å². The van der Waals surface area contributed by atoms with E-state index in [0.717, 1.165) is 18.4 Å². The Bertz CT molecular complexity index is 1470. The van der Waals surface area contributed by atoms with Crippen LogP contribution in [0.3, 0.4) is 0 Å². The first-order valence-electron chi connectivity index (χ1n) is 11.3. The Balaban J connectivity index is 0.00000304. The fraction of sp³-hybridized carbons (Fsp3) is 0.192. The van der Waals surface area contributed by atoms with E-state index in [1.54, 1.807) is 60.7 Å². The van der Waals surface area contributed by atoms with E-state index in [2.05, 4.69) is 27.1 Å². The number of hydrogen-bond donors (Lipinski definition) is 2. The van der Waals surface area contributed by atoms with Crippen molar-refractivity contribution >= 4 is 41.4 Å². The van der Waals surface area contributed by atoms with Gasteiger partial charge in [-0.25, -0.2) is 15.0 Å². The lowest BCUT2D eigenvalue weighted by molar-refractivity contribution is -0.126. The highest BCUT2D eigenvalue weighted by Crippen LogP contribution is 2.36. The number of nitrogen functional groups attached to an aromatic ring is 1. The zero-order chi connectivity index (χ0) is 24.4. The molecule has 0 bridgehead atoms. The number of likely N-dealkylation sites (tertiary alicyclic amines) is 1. The highest BCUT2D eigenvalue weighted by Gasteiger charge is 2.33. The molecule has 182 valence electrons. The summed E-state index contributed by atoms with van der Waals surface area (Å²) in [5.41, 5.74) is 8.84. The van der Waals surface area contributed by atoms with Crippen LogP contribution in [0.5, 0.6) is 0 Å². The number of amides is 2. The molecule has 0 aliphatic carbocycles. The molecule has 1 atom stereocenters. The first-order valence-corrected chi connectivity index (χ1v) is 11.3. The van der Waals surface area contributed by atoms with Crippen molar-refractivity contribution in [2.24, 2.45) is 0 Å². The maximum atomic E-state index is 12.6. The van der Waals surface area contributed by atoms with Crippen molar-refractivity contribution in [3.63, 3.8) is 0 Å². The Labute approximate surface area is 214 Å². The number of hydrogen-bond acceptors (Lipinski definition) is 6. The minimum Gasteiger partial charge on any atom is -0.382 e. The predicted octanol–water partition coefficient (Wildman–Crippen LogP) is 3.73. The summed E-state index contributed by atoms with van der Waals surface area (Å²) in [6, 6.07) is 12.2. The lowest BCUT2D eigenvalue weighted by Crippen LogP contribution is -2.30. The van der Waals surface area contributed by atoms with Crippen molar-refractivity contribution in [3.8, 4) is 23.1 Å². The van der Waals surface area contributed by atoms with Crippen molar-refractivity contribution in [1.29, 1.82) is 0 Å². The number of halogens is 1. The number of pyridine rings is 1. The standard InChI is InChI=1S/C26H23N7O2.ClH/c1-2-6-21(34)32-15-5-7-19(32)25-31-22(23-24(27)29-14-16-33(23)25)17-9-11-18(12-10-17)26(35)30-20-8-3-4-13-28-20;/h3-4,8-14,16,19H,5,7,15H2,1H3,(H2,27,29)(H,28,30,35);1H/t19-;/m0./s1. The summed E-state index contributed by atoms with van der Waals surface area (Å²) in [6.45, 7) is 2.28. The number of aromatic nitrogens is 4. The number of imidazole rings is 1. The molecule has 1 aliphatic heterocycles. The summed E-state index contributed by atoms with van der Waals surface area (Å²) < 4.78 is 1.90. The zero-order valence-electron chi connectivity index (χ0n) is 19.5. The second-order valence-electron chi connectivity index (χ2n) is 8.13. The molecule has 4 aromatic rings. The number of carbonyl (C=O) groups is 2. The number of anilines is 2. The van der Waals surface area contributed by atoms with Gasteiger partial charge in [0.05, 0.1) is 6.04 Å². The van der Waals surface area contributed by atoms with Crippen LogP contribution in [0.25, 0.3) is 16.8 Å². The fourth-order valence-corrected chi connectivity index (χ4v) is 4.39. The Hall–Kier alpha value is -4.42. The van der Waals surface area contributed by atoms with Gasteiger partial charge in [0.2, 0.25) is 0 Å². The zero-order valence-corrected chi connectivity index (χ0v) is 20.3. The summed E-state index contributed by atoms with van der Waals surface area (Å²) in [7, 11) is 0. The minimum absolute atomic E-state index is 0. The fourth-order valence-electron chi connectivity index (χ4n) is 4.39. The van der Waals surface area contributed by atoms with Crippen LogP contribution in [-0.4, -0.2) is 42.6 Å². The molecule has 0 unspecified atom stereocenters. The number of fused-ring (bicyclic) bond motifs is 1. The first kappa shape index (κ1) is 24.7. The van der Waals surface area contributed by atoms with Gasteiger partial charge in [-0.2, -0.15) is 0 Å². The summed E-state index contributed by atoms with van der Waals surface area (Å²) >= 11 is 0. The number of carbonyl (C=O) groups excluding carboxylic acids is 2. The molecule has 1 fully saturated rings. The third-order valence-electron chi connectivity index (χ3n) is 5.98. The average Bonchev–Trinajstić information content (AvgIpc) is 3.51. The van der Waals surface area contributed by atoms with Gasteiger partial charge >= 0.3 is 0 Å². The van der Waals surface area contributed by atoms with Crippen LogP contribution < -0.4 is 11.1 Å². The average molecular weight is 502 g/mol. The van der Waals surface area contributed by atoms with Gasteiger partial charge in [-0.15, -0.1) is 12.4 Å². The smallest absolute Gasteiger partial charge is 0.299 e. The van der Waals surface area contributed by atoms with E-state index in [0.29, 0.717) is 40.8 Å². The number of nitrogens with two attached hydrogens (primary N) is 1. The molecule has 2 amide bonds. The summed E-state index contributed by atoms with van der Waals surface area (Å²) in [5, 5.41) is 2.77. The molecule has 5 rings (SSSR count). The van der Waals surface area contributed by atoms with Gasteiger partial charge in [0.1, 0.15) is 28.7 Å². The Kier molecular flexibility index (Phi) is 7.17. The topological polar surface area (TPSA) is 119 Å². The summed E-state index contributed by atoms with van der Waals surface area (Å²) in [5.74, 6) is 6.39. The van der Waals surface area contributed by atoms with E-state index in [9.17, 15) is 9.59 Å². The molecule has 3 N–H and O–H groups in total. The van der Waals surface area contributed by atoms with E-state index in [4.69, 9.17) is 10.7 Å². The predicted molar refractivity (Wildman–Crippen MR) is 139 cm³/mol. The minimum atomic E-state index is -0.260. The molecule has 1 aliphatic rings. The lowest BCUT2D eigenvalue weighted by Gasteiger charge is -2.21. The van der Waals surface area contributed by atoms with Crippen molar-refractivity contribution in [2.45, 2.75) is 25.8 Å². The molecular formula is C26H24ClN7O2.